The van der Waals surface area contributed by atoms with Gasteiger partial charge in [-0.3, -0.25) is 0 Å². The Hall–Kier alpha value is -1.10. The molecule has 0 amide bonds. The summed E-state index contributed by atoms with van der Waals surface area (Å²) in [4.78, 5) is 0. The number of hydrogen-bond donors (Lipinski definition) is 1. The van der Waals surface area contributed by atoms with Gasteiger partial charge in [-0.25, -0.2) is 4.39 Å². The molecule has 0 saturated carbocycles. The Morgan fingerprint density at radius 3 is 2.12 bits per heavy atom. The molecule has 0 spiro atoms. The molecule has 0 heterocycles. The van der Waals surface area contributed by atoms with E-state index in [4.69, 9.17) is 0 Å². The molecule has 17 heavy (non-hydrogen) atoms. The van der Waals surface area contributed by atoms with Gasteiger partial charge < -0.3 is 5.32 Å². The van der Waals surface area contributed by atoms with Gasteiger partial charge in [0.15, 0.2) is 0 Å². The van der Waals surface area contributed by atoms with Crippen LogP contribution in [0.25, 0.3) is 0 Å². The maximum Gasteiger partial charge on any atom is 0.419 e. The van der Waals surface area contributed by atoms with Crippen LogP contribution in [0.5, 0.6) is 0 Å². The fourth-order valence-corrected chi connectivity index (χ4v) is 1.63. The van der Waals surface area contributed by atoms with E-state index in [1.165, 1.54) is 6.07 Å². The first-order valence-electron chi connectivity index (χ1n) is 5.34. The Morgan fingerprint density at radius 1 is 1.12 bits per heavy atom. The molecule has 0 radical (unpaired) electrons. The Morgan fingerprint density at radius 2 is 1.71 bits per heavy atom. The lowest BCUT2D eigenvalue weighted by Crippen LogP contribution is -2.26. The first kappa shape index (κ1) is 14.0. The maximum atomic E-state index is 13.3. The third-order valence-electron chi connectivity index (χ3n) is 2.38. The van der Waals surface area contributed by atoms with Gasteiger partial charge in [0.25, 0.3) is 0 Å². The lowest BCUT2D eigenvalue weighted by atomic mass is 10.0. The van der Waals surface area contributed by atoms with Crippen molar-refractivity contribution >= 4 is 0 Å². The molecule has 1 N–H and O–H groups in total. The summed E-state index contributed by atoms with van der Waals surface area (Å²) < 4.78 is 50.3. The molecule has 1 rings (SSSR count). The van der Waals surface area contributed by atoms with Crippen LogP contribution in [0, 0.1) is 5.82 Å². The summed E-state index contributed by atoms with van der Waals surface area (Å²) in [7, 11) is 0. The number of hydrogen-bond acceptors (Lipinski definition) is 1. The Labute approximate surface area is 97.8 Å². The van der Waals surface area contributed by atoms with Gasteiger partial charge in [-0.1, -0.05) is 19.9 Å². The largest absolute Gasteiger partial charge is 0.419 e. The van der Waals surface area contributed by atoms with Crippen LogP contribution in [-0.2, 0) is 6.18 Å². The van der Waals surface area contributed by atoms with Gasteiger partial charge in [0.05, 0.1) is 5.56 Å². The molecule has 0 aromatic heterocycles. The lowest BCUT2D eigenvalue weighted by molar-refractivity contribution is -0.140. The zero-order valence-electron chi connectivity index (χ0n) is 9.90. The molecule has 1 aromatic carbocycles. The van der Waals surface area contributed by atoms with E-state index in [2.05, 4.69) is 5.32 Å². The second-order valence-electron chi connectivity index (χ2n) is 4.28. The van der Waals surface area contributed by atoms with Gasteiger partial charge >= 0.3 is 6.18 Å². The molecular weight excluding hydrogens is 234 g/mol. The van der Waals surface area contributed by atoms with Crippen LogP contribution in [0.1, 0.15) is 37.9 Å². The van der Waals surface area contributed by atoms with Gasteiger partial charge in [0.1, 0.15) is 5.82 Å². The highest BCUT2D eigenvalue weighted by Crippen LogP contribution is 2.32. The van der Waals surface area contributed by atoms with Gasteiger partial charge in [-0.15, -0.1) is 0 Å². The van der Waals surface area contributed by atoms with E-state index in [0.717, 1.165) is 12.1 Å². The number of nitrogens with one attached hydrogen (secondary N) is 1. The van der Waals surface area contributed by atoms with Crippen LogP contribution in [0.3, 0.4) is 0 Å². The second kappa shape index (κ2) is 5.04. The smallest absolute Gasteiger partial charge is 0.308 e. The molecule has 5 heteroatoms. The summed E-state index contributed by atoms with van der Waals surface area (Å²) >= 11 is 0. The van der Waals surface area contributed by atoms with Crippen LogP contribution in [-0.4, -0.2) is 6.04 Å². The molecular formula is C12H15F4N. The van der Waals surface area contributed by atoms with Crippen molar-refractivity contribution in [1.82, 2.24) is 5.32 Å². The highest BCUT2D eigenvalue weighted by molar-refractivity contribution is 5.28. The first-order valence-corrected chi connectivity index (χ1v) is 5.34. The van der Waals surface area contributed by atoms with Crippen molar-refractivity contribution in [2.75, 3.05) is 0 Å². The Bertz CT molecular complexity index is 385. The predicted octanol–water partition coefficient (Wildman–Crippen LogP) is 3.90. The van der Waals surface area contributed by atoms with E-state index in [0.29, 0.717) is 5.56 Å². The van der Waals surface area contributed by atoms with Crippen molar-refractivity contribution in [3.63, 3.8) is 0 Å². The summed E-state index contributed by atoms with van der Waals surface area (Å²) in [6.45, 7) is 5.61. The molecule has 1 aromatic rings. The molecule has 1 atom stereocenters. The van der Waals surface area contributed by atoms with Crippen molar-refractivity contribution in [3.8, 4) is 0 Å². The van der Waals surface area contributed by atoms with Crippen molar-refractivity contribution in [2.24, 2.45) is 0 Å². The van der Waals surface area contributed by atoms with Crippen LogP contribution in [0.4, 0.5) is 17.6 Å². The minimum atomic E-state index is -4.64. The maximum absolute atomic E-state index is 13.3. The van der Waals surface area contributed by atoms with Gasteiger partial charge in [0.2, 0.25) is 0 Å². The average Bonchev–Trinajstić information content (AvgIpc) is 2.14. The Balaban J connectivity index is 2.97. The average molecular weight is 249 g/mol. The summed E-state index contributed by atoms with van der Waals surface area (Å²) in [5, 5.41) is 3.10. The zero-order chi connectivity index (χ0) is 13.2. The third kappa shape index (κ3) is 3.70. The van der Waals surface area contributed by atoms with E-state index in [-0.39, 0.29) is 12.1 Å². The van der Waals surface area contributed by atoms with Crippen molar-refractivity contribution in [1.29, 1.82) is 0 Å². The Kier molecular flexibility index (Phi) is 4.14. The molecule has 1 nitrogen and oxygen atoms in total. The van der Waals surface area contributed by atoms with E-state index < -0.39 is 17.6 Å². The fraction of sp³-hybridized carbons (Fsp3) is 0.500. The molecule has 0 saturated heterocycles. The van der Waals surface area contributed by atoms with Gasteiger partial charge in [-0.05, 0) is 24.6 Å². The SMILES string of the molecule is CC(C)NC(C)c1ccc(C(F)(F)F)c(F)c1. The topological polar surface area (TPSA) is 12.0 Å². The molecule has 0 aliphatic rings. The van der Waals surface area contributed by atoms with Crippen LogP contribution >= 0.6 is 0 Å². The quantitative estimate of drug-likeness (QED) is 0.801. The summed E-state index contributed by atoms with van der Waals surface area (Å²) in [6.07, 6.45) is -4.64. The van der Waals surface area contributed by atoms with Crippen LogP contribution in [0.2, 0.25) is 0 Å². The highest BCUT2D eigenvalue weighted by atomic mass is 19.4. The van der Waals surface area contributed by atoms with Crippen LogP contribution < -0.4 is 5.32 Å². The van der Waals surface area contributed by atoms with E-state index in [1.54, 1.807) is 6.92 Å². The summed E-state index contributed by atoms with van der Waals surface area (Å²) in [5.74, 6) is -1.23. The lowest BCUT2D eigenvalue weighted by Gasteiger charge is -2.18. The van der Waals surface area contributed by atoms with E-state index >= 15 is 0 Å². The molecule has 0 aliphatic heterocycles. The minimum Gasteiger partial charge on any atom is -0.308 e. The molecule has 0 bridgehead atoms. The molecule has 0 aliphatic carbocycles. The summed E-state index contributed by atoms with van der Waals surface area (Å²) in [5.41, 5.74) is -0.720. The third-order valence-corrected chi connectivity index (χ3v) is 2.38. The molecule has 1 unspecified atom stereocenters. The van der Waals surface area contributed by atoms with E-state index in [9.17, 15) is 17.6 Å². The molecule has 0 fully saturated rings. The first-order chi connectivity index (χ1) is 7.71. The normalized spacial score (nSPS) is 14.1. The number of alkyl halides is 3. The monoisotopic (exact) mass is 249 g/mol. The number of rotatable bonds is 3. The van der Waals surface area contributed by atoms with E-state index in [1.807, 2.05) is 13.8 Å². The zero-order valence-corrected chi connectivity index (χ0v) is 9.90. The molecule has 96 valence electrons. The predicted molar refractivity (Wildman–Crippen MR) is 58.1 cm³/mol. The van der Waals surface area contributed by atoms with Crippen molar-refractivity contribution in [2.45, 2.75) is 39.0 Å². The minimum absolute atomic E-state index is 0.176. The number of benzene rings is 1. The fourth-order valence-electron chi connectivity index (χ4n) is 1.63. The van der Waals surface area contributed by atoms with Gasteiger partial charge in [0, 0.05) is 12.1 Å². The second-order valence-corrected chi connectivity index (χ2v) is 4.28. The van der Waals surface area contributed by atoms with Gasteiger partial charge in [-0.2, -0.15) is 13.2 Å². The van der Waals surface area contributed by atoms with Crippen LogP contribution in [0.15, 0.2) is 18.2 Å². The summed E-state index contributed by atoms with van der Waals surface area (Å²) in [6, 6.07) is 3.00. The number of halogens is 4. The highest BCUT2D eigenvalue weighted by Gasteiger charge is 2.34. The van der Waals surface area contributed by atoms with Crippen molar-refractivity contribution in [3.05, 3.63) is 35.1 Å². The standard InChI is InChI=1S/C12H15F4N/c1-7(2)17-8(3)9-4-5-10(11(13)6-9)12(14,15)16/h4-8,17H,1-3H3. The van der Waals surface area contributed by atoms with Crippen molar-refractivity contribution < 1.29 is 17.6 Å².